The highest BCUT2D eigenvalue weighted by atomic mass is 32.2. The molecular formula is C8H16N2O2S. The summed E-state index contributed by atoms with van der Waals surface area (Å²) in [5.74, 6) is 0.696. The minimum Gasteiger partial charge on any atom is -0.300 e. The zero-order valence-electron chi connectivity index (χ0n) is 7.78. The molecule has 0 saturated carbocycles. The molecule has 0 radical (unpaired) electrons. The predicted molar refractivity (Wildman–Crippen MR) is 51.5 cm³/mol. The number of sulfone groups is 1. The summed E-state index contributed by atoms with van der Waals surface area (Å²) in [7, 11) is -2.78. The van der Waals surface area contributed by atoms with Gasteiger partial charge < -0.3 is 0 Å². The zero-order valence-corrected chi connectivity index (χ0v) is 8.59. The molecule has 2 heterocycles. The summed E-state index contributed by atoms with van der Waals surface area (Å²) in [6.45, 7) is 5.82. The zero-order chi connectivity index (χ0) is 9.31. The minimum atomic E-state index is -2.78. The van der Waals surface area contributed by atoms with Crippen LogP contribution in [0.5, 0.6) is 0 Å². The van der Waals surface area contributed by atoms with Crippen LogP contribution in [0.1, 0.15) is 0 Å². The lowest BCUT2D eigenvalue weighted by molar-refractivity contribution is 0.547. The Balaban J connectivity index is 1.66. The third-order valence-corrected chi connectivity index (χ3v) is 4.13. The molecule has 0 aliphatic carbocycles. The highest BCUT2D eigenvalue weighted by Crippen LogP contribution is 2.06. The standard InChI is InChI=1S/C8H16N2O2S/c11-13(12,7-5-9-1-2-9)8-6-10-3-4-10/h1-8H2. The van der Waals surface area contributed by atoms with Gasteiger partial charge in [0.25, 0.3) is 0 Å². The number of rotatable bonds is 6. The number of hydrogen-bond donors (Lipinski definition) is 0. The first-order valence-electron chi connectivity index (χ1n) is 4.81. The van der Waals surface area contributed by atoms with Crippen LogP contribution in [0.2, 0.25) is 0 Å². The van der Waals surface area contributed by atoms with E-state index in [2.05, 4.69) is 9.80 Å². The van der Waals surface area contributed by atoms with Crippen molar-refractivity contribution >= 4 is 9.84 Å². The van der Waals surface area contributed by atoms with E-state index in [1.807, 2.05) is 0 Å². The summed E-state index contributed by atoms with van der Waals surface area (Å²) in [5.41, 5.74) is 0. The molecule has 13 heavy (non-hydrogen) atoms. The van der Waals surface area contributed by atoms with Crippen LogP contribution in [0.25, 0.3) is 0 Å². The van der Waals surface area contributed by atoms with E-state index in [-0.39, 0.29) is 0 Å². The van der Waals surface area contributed by atoms with Gasteiger partial charge in [-0.3, -0.25) is 9.80 Å². The van der Waals surface area contributed by atoms with Gasteiger partial charge in [0.15, 0.2) is 9.84 Å². The molecule has 0 aromatic heterocycles. The molecule has 0 aromatic carbocycles. The number of hydrogen-bond acceptors (Lipinski definition) is 4. The lowest BCUT2D eigenvalue weighted by atomic mass is 10.7. The summed E-state index contributed by atoms with van der Waals surface area (Å²) >= 11 is 0. The van der Waals surface area contributed by atoms with Crippen molar-refractivity contribution in [1.82, 2.24) is 9.80 Å². The van der Waals surface area contributed by atoms with Gasteiger partial charge in [-0.05, 0) is 0 Å². The van der Waals surface area contributed by atoms with Crippen molar-refractivity contribution in [1.29, 1.82) is 0 Å². The summed E-state index contributed by atoms with van der Waals surface area (Å²) in [5, 5.41) is 0. The third kappa shape index (κ3) is 3.62. The van der Waals surface area contributed by atoms with E-state index >= 15 is 0 Å². The van der Waals surface area contributed by atoms with E-state index < -0.39 is 9.84 Å². The lowest BCUT2D eigenvalue weighted by Crippen LogP contribution is -2.22. The average molecular weight is 204 g/mol. The second kappa shape index (κ2) is 3.55. The van der Waals surface area contributed by atoms with Gasteiger partial charge in [0.05, 0.1) is 11.5 Å². The fourth-order valence-electron chi connectivity index (χ4n) is 1.23. The van der Waals surface area contributed by atoms with E-state index in [1.165, 1.54) is 0 Å². The van der Waals surface area contributed by atoms with Crippen LogP contribution >= 0.6 is 0 Å². The second-order valence-corrected chi connectivity index (χ2v) is 6.14. The molecule has 0 unspecified atom stereocenters. The lowest BCUT2D eigenvalue weighted by Gasteiger charge is -2.04. The predicted octanol–water partition coefficient (Wildman–Crippen LogP) is -0.968. The van der Waals surface area contributed by atoms with Crippen LogP contribution in [-0.2, 0) is 9.84 Å². The SMILES string of the molecule is O=S(=O)(CCN1CC1)CCN1CC1. The molecule has 0 amide bonds. The Kier molecular flexibility index (Phi) is 2.58. The Morgan fingerprint density at radius 2 is 1.23 bits per heavy atom. The molecule has 76 valence electrons. The first-order valence-corrected chi connectivity index (χ1v) is 6.63. The Labute approximate surface area is 79.4 Å². The molecule has 2 saturated heterocycles. The van der Waals surface area contributed by atoms with Crippen LogP contribution in [0.15, 0.2) is 0 Å². The largest absolute Gasteiger partial charge is 0.300 e. The van der Waals surface area contributed by atoms with Crippen molar-refractivity contribution < 1.29 is 8.42 Å². The van der Waals surface area contributed by atoms with Gasteiger partial charge in [-0.15, -0.1) is 0 Å². The Bertz CT molecular complexity index is 246. The molecule has 0 atom stereocenters. The highest BCUT2D eigenvalue weighted by molar-refractivity contribution is 7.91. The molecular weight excluding hydrogens is 188 g/mol. The Morgan fingerprint density at radius 1 is 0.846 bits per heavy atom. The average Bonchev–Trinajstić information content (AvgIpc) is 2.92. The first kappa shape index (κ1) is 9.43. The van der Waals surface area contributed by atoms with Gasteiger partial charge >= 0.3 is 0 Å². The maximum atomic E-state index is 11.4. The molecule has 5 heteroatoms. The fourth-order valence-corrected chi connectivity index (χ4v) is 2.50. The molecule has 2 rings (SSSR count). The van der Waals surface area contributed by atoms with Gasteiger partial charge in [0, 0.05) is 39.3 Å². The monoisotopic (exact) mass is 204 g/mol. The third-order valence-electron chi connectivity index (χ3n) is 2.52. The molecule has 0 spiro atoms. The van der Waals surface area contributed by atoms with E-state index in [4.69, 9.17) is 0 Å². The van der Waals surface area contributed by atoms with Crippen molar-refractivity contribution in [3.8, 4) is 0 Å². The minimum absolute atomic E-state index is 0.348. The van der Waals surface area contributed by atoms with Gasteiger partial charge in [-0.2, -0.15) is 0 Å². The van der Waals surface area contributed by atoms with Crippen LogP contribution in [-0.4, -0.2) is 69.0 Å². The van der Waals surface area contributed by atoms with E-state index in [0.717, 1.165) is 39.3 Å². The van der Waals surface area contributed by atoms with Crippen LogP contribution in [0.4, 0.5) is 0 Å². The van der Waals surface area contributed by atoms with Crippen molar-refractivity contribution in [2.75, 3.05) is 50.8 Å². The molecule has 0 aromatic rings. The summed E-state index contributed by atoms with van der Waals surface area (Å²) in [6, 6.07) is 0. The molecule has 0 bridgehead atoms. The quantitative estimate of drug-likeness (QED) is 0.522. The number of nitrogens with zero attached hydrogens (tertiary/aromatic N) is 2. The topological polar surface area (TPSA) is 40.2 Å². The molecule has 0 N–H and O–H groups in total. The smallest absolute Gasteiger partial charge is 0.152 e. The summed E-state index contributed by atoms with van der Waals surface area (Å²) < 4.78 is 22.9. The molecule has 4 nitrogen and oxygen atoms in total. The van der Waals surface area contributed by atoms with Crippen LogP contribution in [0.3, 0.4) is 0 Å². The van der Waals surface area contributed by atoms with Gasteiger partial charge in [0.2, 0.25) is 0 Å². The summed E-state index contributed by atoms with van der Waals surface area (Å²) in [6.07, 6.45) is 0. The Morgan fingerprint density at radius 3 is 1.54 bits per heavy atom. The highest BCUT2D eigenvalue weighted by Gasteiger charge is 2.23. The van der Waals surface area contributed by atoms with E-state index in [0.29, 0.717) is 11.5 Å². The molecule has 2 aliphatic rings. The van der Waals surface area contributed by atoms with Gasteiger partial charge in [-0.1, -0.05) is 0 Å². The molecule has 2 fully saturated rings. The maximum Gasteiger partial charge on any atom is 0.152 e. The van der Waals surface area contributed by atoms with Crippen molar-refractivity contribution in [2.45, 2.75) is 0 Å². The maximum absolute atomic E-state index is 11.4. The normalized spacial score (nSPS) is 23.4. The second-order valence-electron chi connectivity index (χ2n) is 3.84. The van der Waals surface area contributed by atoms with E-state index in [1.54, 1.807) is 0 Å². The van der Waals surface area contributed by atoms with Gasteiger partial charge in [0.1, 0.15) is 0 Å². The van der Waals surface area contributed by atoms with Crippen LogP contribution in [0, 0.1) is 0 Å². The fraction of sp³-hybridized carbons (Fsp3) is 1.00. The van der Waals surface area contributed by atoms with E-state index in [9.17, 15) is 8.42 Å². The summed E-state index contributed by atoms with van der Waals surface area (Å²) in [4.78, 5) is 4.30. The van der Waals surface area contributed by atoms with Crippen molar-refractivity contribution in [2.24, 2.45) is 0 Å². The molecule has 2 aliphatic heterocycles. The Hall–Kier alpha value is -0.130. The van der Waals surface area contributed by atoms with Gasteiger partial charge in [-0.25, -0.2) is 8.42 Å². The van der Waals surface area contributed by atoms with Crippen LogP contribution < -0.4 is 0 Å². The van der Waals surface area contributed by atoms with Crippen molar-refractivity contribution in [3.05, 3.63) is 0 Å². The van der Waals surface area contributed by atoms with Crippen molar-refractivity contribution in [3.63, 3.8) is 0 Å². The first-order chi connectivity index (χ1) is 6.16.